The molecule has 0 radical (unpaired) electrons. The molecule has 2 aromatic heterocycles. The monoisotopic (exact) mass is 432 g/mol. The molecule has 3 heterocycles. The van der Waals surface area contributed by atoms with Crippen molar-refractivity contribution in [1.29, 1.82) is 0 Å². The fourth-order valence-corrected chi connectivity index (χ4v) is 3.52. The number of nitrogens with one attached hydrogen (secondary N) is 1. The van der Waals surface area contributed by atoms with E-state index in [9.17, 15) is 27.2 Å². The average molecular weight is 432 g/mol. The van der Waals surface area contributed by atoms with Gasteiger partial charge in [0.2, 0.25) is 0 Å². The van der Waals surface area contributed by atoms with Gasteiger partial charge in [-0.05, 0) is 37.3 Å². The molecule has 31 heavy (non-hydrogen) atoms. The van der Waals surface area contributed by atoms with Crippen LogP contribution in [0.25, 0.3) is 0 Å². The zero-order valence-electron chi connectivity index (χ0n) is 16.2. The Balaban J connectivity index is 1.65. The molecule has 0 saturated heterocycles. The van der Waals surface area contributed by atoms with E-state index in [0.29, 0.717) is 0 Å². The summed E-state index contributed by atoms with van der Waals surface area (Å²) in [5.41, 5.74) is -0.238. The second-order valence-corrected chi connectivity index (χ2v) is 7.14. The minimum atomic E-state index is -4.48. The van der Waals surface area contributed by atoms with E-state index in [1.54, 1.807) is 10.8 Å². The molecule has 4 rings (SSSR count). The summed E-state index contributed by atoms with van der Waals surface area (Å²) in [6.07, 6.45) is -0.629. The van der Waals surface area contributed by atoms with Gasteiger partial charge in [0.1, 0.15) is 11.5 Å². The summed E-state index contributed by atoms with van der Waals surface area (Å²) < 4.78 is 53.5. The Hall–Kier alpha value is -3.69. The number of benzene rings is 1. The molecule has 3 aromatic rings. The first-order valence-electron chi connectivity index (χ1n) is 9.27. The normalized spacial score (nSPS) is 16.2. The molecule has 0 bridgehead atoms. The first-order chi connectivity index (χ1) is 14.6. The Morgan fingerprint density at radius 3 is 2.52 bits per heavy atom. The summed E-state index contributed by atoms with van der Waals surface area (Å²) in [5, 5.41) is 2.50. The average Bonchev–Trinajstić information content (AvgIpc) is 3.16. The van der Waals surface area contributed by atoms with Gasteiger partial charge >= 0.3 is 6.18 Å². The standard InChI is InChI=1S/C21H16F4N4O2/c1-12-11-29(16-4-2-13(3-5-16)21(23,24)25)20(31)18-17(6-7-28(12)18)19(30)27-15-8-14(22)9-26-10-15/h2-10,12H,11H2,1H3,(H,27,30)/t12-/m0/s1. The van der Waals surface area contributed by atoms with Gasteiger partial charge in [-0.3, -0.25) is 14.6 Å². The highest BCUT2D eigenvalue weighted by Gasteiger charge is 2.35. The number of hydrogen-bond donors (Lipinski definition) is 1. The predicted molar refractivity (Wildman–Crippen MR) is 104 cm³/mol. The molecule has 1 aliphatic heterocycles. The molecule has 0 fully saturated rings. The number of rotatable bonds is 3. The van der Waals surface area contributed by atoms with E-state index < -0.39 is 29.4 Å². The molecule has 1 N–H and O–H groups in total. The number of aromatic nitrogens is 2. The summed E-state index contributed by atoms with van der Waals surface area (Å²) in [4.78, 5) is 30.9. The first kappa shape index (κ1) is 20.6. The van der Waals surface area contributed by atoms with Crippen molar-refractivity contribution in [1.82, 2.24) is 9.55 Å². The van der Waals surface area contributed by atoms with Crippen LogP contribution in [0.3, 0.4) is 0 Å². The highest BCUT2D eigenvalue weighted by molar-refractivity contribution is 6.16. The minimum Gasteiger partial charge on any atom is -0.338 e. The van der Waals surface area contributed by atoms with Crippen LogP contribution in [0.1, 0.15) is 39.4 Å². The Bertz CT molecular complexity index is 1150. The molecule has 160 valence electrons. The zero-order valence-corrected chi connectivity index (χ0v) is 16.2. The lowest BCUT2D eigenvalue weighted by atomic mass is 10.1. The Morgan fingerprint density at radius 1 is 1.16 bits per heavy atom. The summed E-state index contributed by atoms with van der Waals surface area (Å²) in [7, 11) is 0. The van der Waals surface area contributed by atoms with Gasteiger partial charge in [-0.2, -0.15) is 13.2 Å². The second-order valence-electron chi connectivity index (χ2n) is 7.14. The van der Waals surface area contributed by atoms with Crippen LogP contribution in [-0.2, 0) is 6.18 Å². The maximum atomic E-state index is 13.3. The third kappa shape index (κ3) is 3.88. The number of hydrogen-bond acceptors (Lipinski definition) is 3. The molecule has 0 spiro atoms. The van der Waals surface area contributed by atoms with E-state index in [0.717, 1.165) is 24.4 Å². The second kappa shape index (κ2) is 7.53. The fourth-order valence-electron chi connectivity index (χ4n) is 3.52. The van der Waals surface area contributed by atoms with Crippen LogP contribution in [0, 0.1) is 5.82 Å². The number of amides is 2. The lowest BCUT2D eigenvalue weighted by molar-refractivity contribution is -0.137. The van der Waals surface area contributed by atoms with Gasteiger partial charge in [-0.25, -0.2) is 4.39 Å². The number of carbonyl (C=O) groups excluding carboxylic acids is 2. The third-order valence-corrected chi connectivity index (χ3v) is 5.00. The van der Waals surface area contributed by atoms with Gasteiger partial charge in [0, 0.05) is 30.5 Å². The van der Waals surface area contributed by atoms with Crippen LogP contribution in [0.5, 0.6) is 0 Å². The molecule has 0 aliphatic carbocycles. The topological polar surface area (TPSA) is 67.2 Å². The van der Waals surface area contributed by atoms with Crippen molar-refractivity contribution in [2.45, 2.75) is 19.1 Å². The Labute approximate surface area is 174 Å². The van der Waals surface area contributed by atoms with Crippen molar-refractivity contribution >= 4 is 23.2 Å². The molecule has 10 heteroatoms. The molecule has 1 aromatic carbocycles. The highest BCUT2D eigenvalue weighted by atomic mass is 19.4. The first-order valence-corrected chi connectivity index (χ1v) is 9.27. The lowest BCUT2D eigenvalue weighted by Crippen LogP contribution is -2.43. The van der Waals surface area contributed by atoms with Crippen molar-refractivity contribution in [3.8, 4) is 0 Å². The van der Waals surface area contributed by atoms with Crippen LogP contribution < -0.4 is 10.2 Å². The smallest absolute Gasteiger partial charge is 0.338 e. The number of alkyl halides is 3. The molecule has 0 unspecified atom stereocenters. The van der Waals surface area contributed by atoms with Crippen molar-refractivity contribution in [3.63, 3.8) is 0 Å². The summed E-state index contributed by atoms with van der Waals surface area (Å²) in [6, 6.07) is 6.60. The van der Waals surface area contributed by atoms with E-state index in [2.05, 4.69) is 10.3 Å². The number of carbonyl (C=O) groups is 2. The van der Waals surface area contributed by atoms with Gasteiger partial charge in [0.25, 0.3) is 11.8 Å². The molecule has 1 aliphatic rings. The van der Waals surface area contributed by atoms with Gasteiger partial charge < -0.3 is 14.8 Å². The summed E-state index contributed by atoms with van der Waals surface area (Å²) in [6.45, 7) is 2.05. The Morgan fingerprint density at radius 2 is 1.87 bits per heavy atom. The van der Waals surface area contributed by atoms with Gasteiger partial charge in [-0.1, -0.05) is 0 Å². The lowest BCUT2D eigenvalue weighted by Gasteiger charge is -2.33. The van der Waals surface area contributed by atoms with E-state index in [1.807, 2.05) is 6.92 Å². The Kier molecular flexibility index (Phi) is 5.00. The van der Waals surface area contributed by atoms with Crippen LogP contribution in [0.4, 0.5) is 28.9 Å². The van der Waals surface area contributed by atoms with Crippen LogP contribution in [-0.4, -0.2) is 27.9 Å². The van der Waals surface area contributed by atoms with E-state index in [1.165, 1.54) is 29.3 Å². The van der Waals surface area contributed by atoms with Crippen molar-refractivity contribution in [3.05, 3.63) is 77.6 Å². The highest BCUT2D eigenvalue weighted by Crippen LogP contribution is 2.33. The van der Waals surface area contributed by atoms with Crippen molar-refractivity contribution in [2.24, 2.45) is 0 Å². The van der Waals surface area contributed by atoms with E-state index in [4.69, 9.17) is 0 Å². The van der Waals surface area contributed by atoms with Crippen LogP contribution >= 0.6 is 0 Å². The number of anilines is 2. The van der Waals surface area contributed by atoms with Gasteiger partial charge in [0.15, 0.2) is 0 Å². The summed E-state index contributed by atoms with van der Waals surface area (Å²) >= 11 is 0. The number of fused-ring (bicyclic) bond motifs is 1. The molecular weight excluding hydrogens is 416 g/mol. The summed E-state index contributed by atoms with van der Waals surface area (Å²) in [5.74, 6) is -1.78. The third-order valence-electron chi connectivity index (χ3n) is 5.00. The maximum absolute atomic E-state index is 13.3. The number of pyridine rings is 1. The number of halogens is 4. The SMILES string of the molecule is C[C@H]1CN(c2ccc(C(F)(F)F)cc2)C(=O)c2c(C(=O)Nc3cncc(F)c3)ccn21. The zero-order chi connectivity index (χ0) is 22.3. The molecule has 6 nitrogen and oxygen atoms in total. The fraction of sp³-hybridized carbons (Fsp3) is 0.190. The molecule has 2 amide bonds. The van der Waals surface area contributed by atoms with E-state index >= 15 is 0 Å². The van der Waals surface area contributed by atoms with Gasteiger partial charge in [-0.15, -0.1) is 0 Å². The van der Waals surface area contributed by atoms with Crippen molar-refractivity contribution in [2.75, 3.05) is 16.8 Å². The largest absolute Gasteiger partial charge is 0.416 e. The molecule has 1 atom stereocenters. The minimum absolute atomic E-state index is 0.0673. The van der Waals surface area contributed by atoms with Crippen LogP contribution in [0.15, 0.2) is 55.0 Å². The molecular formula is C21H16F4N4O2. The predicted octanol–water partition coefficient (Wildman–Crippen LogP) is 4.51. The maximum Gasteiger partial charge on any atom is 0.416 e. The van der Waals surface area contributed by atoms with Crippen molar-refractivity contribution < 1.29 is 27.2 Å². The van der Waals surface area contributed by atoms with E-state index in [-0.39, 0.29) is 35.2 Å². The molecule has 0 saturated carbocycles. The van der Waals surface area contributed by atoms with Crippen LogP contribution in [0.2, 0.25) is 0 Å². The number of nitrogens with zero attached hydrogens (tertiary/aromatic N) is 3. The van der Waals surface area contributed by atoms with Gasteiger partial charge in [0.05, 0.1) is 29.2 Å². The quantitative estimate of drug-likeness (QED) is 0.619.